The first-order valence-electron chi connectivity index (χ1n) is 3.46. The highest BCUT2D eigenvalue weighted by Gasteiger charge is 2.03. The van der Waals surface area contributed by atoms with Crippen molar-refractivity contribution in [1.82, 2.24) is 0 Å². The first kappa shape index (κ1) is 8.37. The number of rotatable bonds is 2. The van der Waals surface area contributed by atoms with E-state index in [1.807, 2.05) is 0 Å². The molecule has 0 aliphatic heterocycles. The molecule has 3 heteroatoms. The highest BCUT2D eigenvalue weighted by Crippen LogP contribution is 2.29. The van der Waals surface area contributed by atoms with Crippen LogP contribution in [0.3, 0.4) is 0 Å². The molecule has 0 fully saturated rings. The molecule has 2 aliphatic carbocycles. The van der Waals surface area contributed by atoms with E-state index in [0.29, 0.717) is 6.29 Å². The molecule has 2 rings (SSSR count). The molecule has 0 saturated carbocycles. The second-order valence-corrected chi connectivity index (χ2v) is 2.18. The molecule has 0 atom stereocenters. The molecule has 3 nitrogen and oxygen atoms in total. The number of benzene rings is 1. The minimum Gasteiger partial charge on any atom is -0.301 e. The van der Waals surface area contributed by atoms with Crippen LogP contribution in [0, 0.1) is 0 Å². The van der Waals surface area contributed by atoms with Gasteiger partial charge in [-0.2, -0.15) is 4.99 Å². The first-order valence-corrected chi connectivity index (χ1v) is 3.46. The van der Waals surface area contributed by atoms with Crippen LogP contribution in [0.5, 0.6) is 0 Å². The van der Waals surface area contributed by atoms with Crippen LogP contribution < -0.4 is 0 Å². The van der Waals surface area contributed by atoms with Gasteiger partial charge in [0, 0.05) is 0 Å². The molecule has 0 N–H and O–H groups in total. The third-order valence-electron chi connectivity index (χ3n) is 1.45. The lowest BCUT2D eigenvalue weighted by molar-refractivity contribution is -0.106. The van der Waals surface area contributed by atoms with Crippen molar-refractivity contribution >= 4 is 12.4 Å². The van der Waals surface area contributed by atoms with Gasteiger partial charge in [0.2, 0.25) is 6.08 Å². The summed E-state index contributed by atoms with van der Waals surface area (Å²) in [6.45, 7) is -0.0660. The number of nitrogens with zero attached hydrogens (tertiary/aromatic N) is 1. The van der Waals surface area contributed by atoms with Gasteiger partial charge in [-0.25, -0.2) is 4.79 Å². The molecule has 0 aromatic carbocycles. The zero-order valence-electron chi connectivity index (χ0n) is 6.36. The monoisotopic (exact) mass is 161 g/mol. The fourth-order valence-corrected chi connectivity index (χ4v) is 0.737. The van der Waals surface area contributed by atoms with Crippen LogP contribution in [0.15, 0.2) is 29.3 Å². The van der Waals surface area contributed by atoms with Crippen LogP contribution >= 0.6 is 0 Å². The number of carbonyl (C=O) groups excluding carboxylic acids is 2. The van der Waals surface area contributed by atoms with E-state index in [0.717, 1.165) is 0 Å². The van der Waals surface area contributed by atoms with E-state index in [1.165, 1.54) is 17.2 Å². The van der Waals surface area contributed by atoms with E-state index in [2.05, 4.69) is 29.3 Å². The largest absolute Gasteiger partial charge is 0.301 e. The summed E-state index contributed by atoms with van der Waals surface area (Å²) in [6.07, 6.45) is 1.74. The average Bonchev–Trinajstić information content (AvgIpc) is 2.09. The predicted molar refractivity (Wildman–Crippen MR) is 44.5 cm³/mol. The normalized spacial score (nSPS) is 8.67. The lowest BCUT2D eigenvalue weighted by atomic mass is 9.95. The first-order chi connectivity index (χ1) is 5.88. The lowest BCUT2D eigenvalue weighted by Gasteiger charge is -2.10. The van der Waals surface area contributed by atoms with E-state index in [9.17, 15) is 4.79 Å². The molecular weight excluding hydrogens is 154 g/mol. The third kappa shape index (κ3) is 1.87. The van der Waals surface area contributed by atoms with Crippen LogP contribution in [0.25, 0.3) is 11.1 Å². The summed E-state index contributed by atoms with van der Waals surface area (Å²) in [4.78, 5) is 21.3. The number of aldehydes is 1. The topological polar surface area (TPSA) is 46.5 Å². The number of carbonyl (C=O) groups is 1. The molecule has 12 heavy (non-hydrogen) atoms. The van der Waals surface area contributed by atoms with Gasteiger partial charge in [0.15, 0.2) is 0 Å². The Bertz CT molecular complexity index is 289. The molecule has 0 aromatic rings. The Morgan fingerprint density at radius 1 is 1.25 bits per heavy atom. The van der Waals surface area contributed by atoms with Crippen molar-refractivity contribution in [3.8, 4) is 11.1 Å². The second kappa shape index (κ2) is 4.21. The number of isocyanates is 1. The fraction of sp³-hybridized carbons (Fsp3) is 0.111. The lowest BCUT2D eigenvalue weighted by Crippen LogP contribution is -1.85. The van der Waals surface area contributed by atoms with Crippen molar-refractivity contribution in [2.75, 3.05) is 6.54 Å². The van der Waals surface area contributed by atoms with Gasteiger partial charge < -0.3 is 4.79 Å². The molecule has 0 amide bonds. The summed E-state index contributed by atoms with van der Waals surface area (Å²) in [5, 5.41) is 0. The van der Waals surface area contributed by atoms with Crippen LogP contribution in [0.2, 0.25) is 0 Å². The summed E-state index contributed by atoms with van der Waals surface area (Å²) in [7, 11) is 0. The predicted octanol–water partition coefficient (Wildman–Crippen LogP) is 1.19. The number of fused-ring (bicyclic) bond motifs is 1. The summed E-state index contributed by atoms with van der Waals surface area (Å²) in [5.41, 5.74) is 2.85. The highest BCUT2D eigenvalue weighted by molar-refractivity contribution is 5.75. The zero-order valence-corrected chi connectivity index (χ0v) is 6.36. The third-order valence-corrected chi connectivity index (χ3v) is 1.45. The van der Waals surface area contributed by atoms with Gasteiger partial charge in [-0.3, -0.25) is 0 Å². The van der Waals surface area contributed by atoms with Gasteiger partial charge in [0.05, 0.1) is 0 Å². The molecule has 0 radical (unpaired) electrons. The minimum absolute atomic E-state index is 0.0660. The number of aliphatic imine (C=N–C) groups is 1. The SMILES string of the molecule is O=C=NCC=O.c1cc2ccc1-2. The summed E-state index contributed by atoms with van der Waals surface area (Å²) < 4.78 is 0. The van der Waals surface area contributed by atoms with Crippen LogP contribution in [0.1, 0.15) is 0 Å². The van der Waals surface area contributed by atoms with Crippen molar-refractivity contribution in [1.29, 1.82) is 0 Å². The Balaban J connectivity index is 0.000000120. The Morgan fingerprint density at radius 3 is 1.83 bits per heavy atom. The molecular formula is C9H7NO2. The van der Waals surface area contributed by atoms with E-state index in [4.69, 9.17) is 4.79 Å². The molecule has 0 saturated heterocycles. The quantitative estimate of drug-likeness (QED) is 0.377. The van der Waals surface area contributed by atoms with Crippen molar-refractivity contribution < 1.29 is 9.59 Å². The summed E-state index contributed by atoms with van der Waals surface area (Å²) >= 11 is 0. The smallest absolute Gasteiger partial charge is 0.235 e. The maximum atomic E-state index is 9.29. The molecule has 0 heterocycles. The van der Waals surface area contributed by atoms with Gasteiger partial charge in [-0.1, -0.05) is 24.3 Å². The van der Waals surface area contributed by atoms with Gasteiger partial charge in [0.25, 0.3) is 0 Å². The molecule has 60 valence electrons. The maximum Gasteiger partial charge on any atom is 0.235 e. The van der Waals surface area contributed by atoms with Gasteiger partial charge in [0.1, 0.15) is 12.8 Å². The van der Waals surface area contributed by atoms with E-state index in [-0.39, 0.29) is 6.54 Å². The maximum absolute atomic E-state index is 9.29. The van der Waals surface area contributed by atoms with E-state index < -0.39 is 0 Å². The molecule has 2 aliphatic rings. The second-order valence-electron chi connectivity index (χ2n) is 2.18. The fourth-order valence-electron chi connectivity index (χ4n) is 0.737. The van der Waals surface area contributed by atoms with Gasteiger partial charge >= 0.3 is 0 Å². The van der Waals surface area contributed by atoms with Gasteiger partial charge in [-0.05, 0) is 11.1 Å². The Hall–Kier alpha value is -1.73. The molecule has 0 aromatic heterocycles. The standard InChI is InChI=1S/C6H4.C3H3NO2/c1-2-6-4-3-5(1)6;5-2-1-4-3-6/h1-4H;2H,1H2. The van der Waals surface area contributed by atoms with E-state index in [1.54, 1.807) is 0 Å². The van der Waals surface area contributed by atoms with Crippen LogP contribution in [-0.2, 0) is 9.59 Å². The Labute approximate surface area is 69.7 Å². The van der Waals surface area contributed by atoms with Crippen molar-refractivity contribution in [2.45, 2.75) is 0 Å². The zero-order chi connectivity index (χ0) is 8.81. The van der Waals surface area contributed by atoms with Crippen molar-refractivity contribution in [3.05, 3.63) is 24.3 Å². The van der Waals surface area contributed by atoms with Crippen molar-refractivity contribution in [3.63, 3.8) is 0 Å². The molecule has 0 bridgehead atoms. The highest BCUT2D eigenvalue weighted by atomic mass is 16.1. The average molecular weight is 161 g/mol. The summed E-state index contributed by atoms with van der Waals surface area (Å²) in [6, 6.07) is 8.48. The van der Waals surface area contributed by atoms with Crippen molar-refractivity contribution in [2.24, 2.45) is 4.99 Å². The molecule has 0 spiro atoms. The Kier molecular flexibility index (Phi) is 2.94. The molecule has 0 unspecified atom stereocenters. The van der Waals surface area contributed by atoms with Gasteiger partial charge in [-0.15, -0.1) is 0 Å². The minimum atomic E-state index is -0.0660. The van der Waals surface area contributed by atoms with Crippen LogP contribution in [-0.4, -0.2) is 18.9 Å². The Morgan fingerprint density at radius 2 is 1.75 bits per heavy atom. The number of hydrogen-bond acceptors (Lipinski definition) is 3. The summed E-state index contributed by atoms with van der Waals surface area (Å²) in [5.74, 6) is 0. The van der Waals surface area contributed by atoms with Crippen LogP contribution in [0.4, 0.5) is 0 Å². The van der Waals surface area contributed by atoms with E-state index >= 15 is 0 Å². The number of hydrogen-bond donors (Lipinski definition) is 0.